The molecule has 0 atom stereocenters. The number of hydrogen-bond donors (Lipinski definition) is 1. The minimum atomic E-state index is -0.428. The van der Waals surface area contributed by atoms with Crippen LogP contribution in [0.25, 0.3) is 22.1 Å². The summed E-state index contributed by atoms with van der Waals surface area (Å²) in [6.45, 7) is 3.10. The monoisotopic (exact) mass is 528 g/mol. The van der Waals surface area contributed by atoms with E-state index < -0.39 is 5.63 Å². The molecule has 0 spiro atoms. The molecular weight excluding hydrogens is 500 g/mol. The van der Waals surface area contributed by atoms with Gasteiger partial charge in [-0.15, -0.1) is 0 Å². The van der Waals surface area contributed by atoms with Crippen molar-refractivity contribution >= 4 is 11.0 Å². The molecule has 6 heteroatoms. The van der Waals surface area contributed by atoms with Gasteiger partial charge in [-0.25, -0.2) is 9.78 Å². The average molecular weight is 529 g/mol. The van der Waals surface area contributed by atoms with Gasteiger partial charge in [-0.1, -0.05) is 72.3 Å². The molecule has 0 fully saturated rings. The Kier molecular flexibility index (Phi) is 6.89. The van der Waals surface area contributed by atoms with Gasteiger partial charge < -0.3 is 18.8 Å². The van der Waals surface area contributed by atoms with Crippen LogP contribution in [-0.4, -0.2) is 14.7 Å². The lowest BCUT2D eigenvalue weighted by atomic mass is 9.93. The fourth-order valence-corrected chi connectivity index (χ4v) is 4.91. The molecule has 4 aromatic carbocycles. The molecular formula is C34H28N2O4. The van der Waals surface area contributed by atoms with E-state index in [9.17, 15) is 9.90 Å². The minimum Gasteiger partial charge on any atom is -0.508 e. The number of phenolic OH excluding ortho intramolecular Hbond substituents is 1. The fraction of sp³-hybridized carbons (Fsp3) is 0.118. The number of phenols is 1. The Morgan fingerprint density at radius 2 is 1.68 bits per heavy atom. The topological polar surface area (TPSA) is 77.5 Å². The number of ether oxygens (including phenoxy) is 1. The highest BCUT2D eigenvalue weighted by atomic mass is 16.5. The number of benzene rings is 4. The predicted octanol–water partition coefficient (Wildman–Crippen LogP) is 6.89. The number of aromatic nitrogens is 2. The molecule has 0 bridgehead atoms. The zero-order valence-corrected chi connectivity index (χ0v) is 22.1. The number of fused-ring (bicyclic) bond motifs is 1. The van der Waals surface area contributed by atoms with Crippen LogP contribution >= 0.6 is 0 Å². The molecule has 0 aliphatic rings. The lowest BCUT2D eigenvalue weighted by molar-refractivity contribution is 0.290. The molecule has 0 unspecified atom stereocenters. The van der Waals surface area contributed by atoms with Crippen molar-refractivity contribution in [1.82, 2.24) is 9.55 Å². The molecule has 2 aromatic heterocycles. The van der Waals surface area contributed by atoms with Crippen LogP contribution in [0.1, 0.15) is 28.1 Å². The van der Waals surface area contributed by atoms with Gasteiger partial charge in [0.1, 0.15) is 29.5 Å². The van der Waals surface area contributed by atoms with E-state index in [4.69, 9.17) is 9.15 Å². The summed E-state index contributed by atoms with van der Waals surface area (Å²) in [4.78, 5) is 17.6. The summed E-state index contributed by atoms with van der Waals surface area (Å²) in [6, 6.07) is 30.9. The SMILES string of the molecule is Cc1ccc(-c2c(Cc3ccc(OCc4nccn4Cc4ccccc4)cc3)c3ccc(O)cc3oc2=O)cc1. The molecule has 0 aliphatic carbocycles. The third-order valence-electron chi connectivity index (χ3n) is 7.01. The van der Waals surface area contributed by atoms with E-state index in [-0.39, 0.29) is 5.75 Å². The van der Waals surface area contributed by atoms with Crippen molar-refractivity contribution < 1.29 is 14.3 Å². The Bertz CT molecular complexity index is 1820. The van der Waals surface area contributed by atoms with Gasteiger partial charge >= 0.3 is 5.63 Å². The molecule has 1 N–H and O–H groups in total. The van der Waals surface area contributed by atoms with Crippen LogP contribution in [0.4, 0.5) is 0 Å². The van der Waals surface area contributed by atoms with Crippen LogP contribution in [-0.2, 0) is 19.6 Å². The highest BCUT2D eigenvalue weighted by molar-refractivity contribution is 5.88. The zero-order valence-electron chi connectivity index (χ0n) is 22.1. The number of aromatic hydroxyl groups is 1. The van der Waals surface area contributed by atoms with Crippen molar-refractivity contribution in [2.24, 2.45) is 0 Å². The van der Waals surface area contributed by atoms with E-state index in [1.165, 1.54) is 11.6 Å². The first-order valence-electron chi connectivity index (χ1n) is 13.1. The molecule has 40 heavy (non-hydrogen) atoms. The number of rotatable bonds is 8. The van der Waals surface area contributed by atoms with E-state index in [1.54, 1.807) is 18.3 Å². The zero-order chi connectivity index (χ0) is 27.5. The van der Waals surface area contributed by atoms with Crippen molar-refractivity contribution in [3.05, 3.63) is 148 Å². The second kappa shape index (κ2) is 10.9. The number of imidazole rings is 1. The first-order chi connectivity index (χ1) is 19.5. The van der Waals surface area contributed by atoms with Gasteiger partial charge in [-0.3, -0.25) is 0 Å². The molecule has 0 saturated carbocycles. The van der Waals surface area contributed by atoms with E-state index in [2.05, 4.69) is 21.7 Å². The Morgan fingerprint density at radius 1 is 0.900 bits per heavy atom. The molecule has 6 aromatic rings. The Labute approximate surface area is 231 Å². The van der Waals surface area contributed by atoms with Crippen molar-refractivity contribution in [3.8, 4) is 22.6 Å². The van der Waals surface area contributed by atoms with E-state index in [0.29, 0.717) is 24.2 Å². The maximum atomic E-state index is 13.2. The number of aryl methyl sites for hydroxylation is 1. The summed E-state index contributed by atoms with van der Waals surface area (Å²) < 4.78 is 13.8. The van der Waals surface area contributed by atoms with Crippen LogP contribution in [0.2, 0.25) is 0 Å². The molecule has 0 aliphatic heterocycles. The van der Waals surface area contributed by atoms with Crippen LogP contribution in [0.15, 0.2) is 119 Å². The predicted molar refractivity (Wildman–Crippen MR) is 156 cm³/mol. The fourth-order valence-electron chi connectivity index (χ4n) is 4.91. The average Bonchev–Trinajstić information content (AvgIpc) is 3.40. The summed E-state index contributed by atoms with van der Waals surface area (Å²) in [6.07, 6.45) is 4.26. The first kappa shape index (κ1) is 25.2. The van der Waals surface area contributed by atoms with Crippen LogP contribution in [0.5, 0.6) is 11.5 Å². The highest BCUT2D eigenvalue weighted by Crippen LogP contribution is 2.31. The highest BCUT2D eigenvalue weighted by Gasteiger charge is 2.17. The largest absolute Gasteiger partial charge is 0.508 e. The van der Waals surface area contributed by atoms with Gasteiger partial charge in [0, 0.05) is 30.4 Å². The summed E-state index contributed by atoms with van der Waals surface area (Å²) >= 11 is 0. The maximum Gasteiger partial charge on any atom is 0.344 e. The Morgan fingerprint density at radius 3 is 2.45 bits per heavy atom. The van der Waals surface area contributed by atoms with Crippen molar-refractivity contribution in [2.45, 2.75) is 26.5 Å². The smallest absolute Gasteiger partial charge is 0.344 e. The summed E-state index contributed by atoms with van der Waals surface area (Å²) in [5, 5.41) is 10.8. The molecule has 6 nitrogen and oxygen atoms in total. The lowest BCUT2D eigenvalue weighted by Gasteiger charge is -2.13. The molecule has 198 valence electrons. The Balaban J connectivity index is 1.25. The Hall–Kier alpha value is -5.10. The molecule has 0 radical (unpaired) electrons. The van der Waals surface area contributed by atoms with Crippen LogP contribution in [0, 0.1) is 6.92 Å². The maximum absolute atomic E-state index is 13.2. The van der Waals surface area contributed by atoms with Gasteiger partial charge in [0.25, 0.3) is 0 Å². The summed E-state index contributed by atoms with van der Waals surface area (Å²) in [7, 11) is 0. The molecule has 6 rings (SSSR count). The van der Waals surface area contributed by atoms with E-state index >= 15 is 0 Å². The normalized spacial score (nSPS) is 11.1. The lowest BCUT2D eigenvalue weighted by Crippen LogP contribution is -2.09. The standard InChI is InChI=1S/C34H28N2O4/c1-23-7-11-26(12-8-23)33-30(29-16-13-27(37)20-31(29)40-34(33)38)19-24-9-14-28(15-10-24)39-22-32-35-17-18-36(32)21-25-5-3-2-4-6-25/h2-18,20,37H,19,21-22H2,1H3. The van der Waals surface area contributed by atoms with Crippen LogP contribution < -0.4 is 10.4 Å². The van der Waals surface area contributed by atoms with E-state index in [1.807, 2.05) is 79.9 Å². The van der Waals surface area contributed by atoms with E-state index in [0.717, 1.165) is 45.8 Å². The van der Waals surface area contributed by atoms with Gasteiger partial charge in [-0.05, 0) is 59.9 Å². The molecule has 2 heterocycles. The van der Waals surface area contributed by atoms with Gasteiger partial charge in [0.15, 0.2) is 0 Å². The van der Waals surface area contributed by atoms with Crippen molar-refractivity contribution in [2.75, 3.05) is 0 Å². The number of hydrogen-bond acceptors (Lipinski definition) is 5. The quantitative estimate of drug-likeness (QED) is 0.218. The van der Waals surface area contributed by atoms with Crippen molar-refractivity contribution in [3.63, 3.8) is 0 Å². The van der Waals surface area contributed by atoms with Gasteiger partial charge in [-0.2, -0.15) is 0 Å². The van der Waals surface area contributed by atoms with Crippen molar-refractivity contribution in [1.29, 1.82) is 0 Å². The van der Waals surface area contributed by atoms with Crippen LogP contribution in [0.3, 0.4) is 0 Å². The minimum absolute atomic E-state index is 0.0515. The second-order valence-electron chi connectivity index (χ2n) is 9.86. The number of nitrogens with zero attached hydrogens (tertiary/aromatic N) is 2. The third-order valence-corrected chi connectivity index (χ3v) is 7.01. The van der Waals surface area contributed by atoms with Gasteiger partial charge in [0.2, 0.25) is 0 Å². The van der Waals surface area contributed by atoms with Gasteiger partial charge in [0.05, 0.1) is 5.56 Å². The summed E-state index contributed by atoms with van der Waals surface area (Å²) in [5.74, 6) is 1.64. The first-order valence-corrected chi connectivity index (χ1v) is 13.1. The third kappa shape index (κ3) is 5.38. The molecule has 0 amide bonds. The summed E-state index contributed by atoms with van der Waals surface area (Å²) in [5.41, 5.74) is 5.45. The second-order valence-corrected chi connectivity index (χ2v) is 9.86. The molecule has 0 saturated heterocycles.